The molecule has 2 heterocycles. The summed E-state index contributed by atoms with van der Waals surface area (Å²) in [6.45, 7) is 0. The molecule has 38 heavy (non-hydrogen) atoms. The van der Waals surface area contributed by atoms with Crippen LogP contribution in [0.1, 0.15) is 22.0 Å². The lowest BCUT2D eigenvalue weighted by Gasteiger charge is -2.29. The van der Waals surface area contributed by atoms with Crippen LogP contribution in [0.3, 0.4) is 0 Å². The van der Waals surface area contributed by atoms with Crippen molar-refractivity contribution in [2.45, 2.75) is 12.1 Å². The van der Waals surface area contributed by atoms with Crippen molar-refractivity contribution in [3.8, 4) is 5.75 Å². The lowest BCUT2D eigenvalue weighted by molar-refractivity contribution is -0.126. The number of para-hydroxylation sites is 2. The van der Waals surface area contributed by atoms with E-state index >= 15 is 0 Å². The van der Waals surface area contributed by atoms with Crippen LogP contribution in [0.15, 0.2) is 109 Å². The van der Waals surface area contributed by atoms with Gasteiger partial charge in [-0.2, -0.15) is 0 Å². The number of carbonyl (C=O) groups is 3. The molecule has 3 atom stereocenters. The van der Waals surface area contributed by atoms with Crippen LogP contribution < -0.4 is 14.7 Å². The van der Waals surface area contributed by atoms with Crippen molar-refractivity contribution in [1.82, 2.24) is 0 Å². The molecule has 0 radical (unpaired) electrons. The second-order valence-corrected chi connectivity index (χ2v) is 9.35. The molecule has 2 aliphatic heterocycles. The highest BCUT2D eigenvalue weighted by Gasteiger charge is 2.60. The quantitative estimate of drug-likeness (QED) is 0.192. The molecule has 2 saturated heterocycles. The first-order valence-corrected chi connectivity index (χ1v) is 12.4. The molecular formula is C30H21ClN2O5. The maximum atomic E-state index is 13.8. The number of hydrogen-bond acceptors (Lipinski definition) is 6. The SMILES string of the molecule is O=C(Oc1ccc([C@H]2[C@@H]3C(=O)N(c4ccccc4Cl)C(=O)[C@H]3ON2c2ccccc2)cc1)c1ccccc1. The van der Waals surface area contributed by atoms with Crippen LogP contribution in [-0.2, 0) is 14.4 Å². The molecule has 7 nitrogen and oxygen atoms in total. The van der Waals surface area contributed by atoms with Gasteiger partial charge in [0.05, 0.1) is 28.0 Å². The maximum Gasteiger partial charge on any atom is 0.343 e. The minimum absolute atomic E-state index is 0.301. The topological polar surface area (TPSA) is 76.2 Å². The van der Waals surface area contributed by atoms with Gasteiger partial charge in [-0.25, -0.2) is 14.8 Å². The van der Waals surface area contributed by atoms with E-state index in [-0.39, 0.29) is 0 Å². The van der Waals surface area contributed by atoms with Crippen molar-refractivity contribution in [2.75, 3.05) is 9.96 Å². The predicted octanol–water partition coefficient (Wildman–Crippen LogP) is 5.61. The monoisotopic (exact) mass is 524 g/mol. The molecule has 0 spiro atoms. The zero-order valence-electron chi connectivity index (χ0n) is 19.9. The lowest BCUT2D eigenvalue weighted by Crippen LogP contribution is -2.37. The summed E-state index contributed by atoms with van der Waals surface area (Å²) in [4.78, 5) is 46.9. The Labute approximate surface area is 223 Å². The van der Waals surface area contributed by atoms with Crippen molar-refractivity contribution >= 4 is 40.8 Å². The fraction of sp³-hybridized carbons (Fsp3) is 0.100. The average molecular weight is 525 g/mol. The molecule has 4 aromatic rings. The Kier molecular flexibility index (Phi) is 6.15. The molecule has 2 amide bonds. The highest BCUT2D eigenvalue weighted by Crippen LogP contribution is 2.48. The molecule has 0 N–H and O–H groups in total. The zero-order valence-corrected chi connectivity index (χ0v) is 20.7. The lowest BCUT2D eigenvalue weighted by atomic mass is 9.90. The number of imide groups is 1. The van der Waals surface area contributed by atoms with E-state index in [4.69, 9.17) is 21.2 Å². The van der Waals surface area contributed by atoms with E-state index in [0.717, 1.165) is 10.5 Å². The van der Waals surface area contributed by atoms with Crippen LogP contribution in [0.2, 0.25) is 5.02 Å². The summed E-state index contributed by atoms with van der Waals surface area (Å²) in [5, 5.41) is 1.91. The number of hydrogen-bond donors (Lipinski definition) is 0. The number of hydroxylamine groups is 1. The number of ether oxygens (including phenoxy) is 1. The van der Waals surface area contributed by atoms with Crippen LogP contribution in [0.4, 0.5) is 11.4 Å². The first-order chi connectivity index (χ1) is 18.5. The number of fused-ring (bicyclic) bond motifs is 1. The largest absolute Gasteiger partial charge is 0.423 e. The number of halogens is 1. The molecule has 8 heteroatoms. The summed E-state index contributed by atoms with van der Waals surface area (Å²) in [6.07, 6.45) is -1.01. The van der Waals surface area contributed by atoms with Gasteiger partial charge in [-0.05, 0) is 54.1 Å². The standard InChI is InChI=1S/C30H21ClN2O5/c31-23-13-7-8-14-24(23)32-28(34)25-26(33(38-27(25)29(32)35)21-11-5-2-6-12-21)19-15-17-22(18-16-19)37-30(36)20-9-3-1-4-10-20/h1-18,25-27H/t25-,26-,27-/m0/s1. The molecule has 0 bridgehead atoms. The number of benzene rings is 4. The normalized spacial score (nSPS) is 20.5. The van der Waals surface area contributed by atoms with Gasteiger partial charge in [0.1, 0.15) is 11.7 Å². The molecular weight excluding hydrogens is 504 g/mol. The minimum atomic E-state index is -1.01. The summed E-state index contributed by atoms with van der Waals surface area (Å²) in [5.74, 6) is -1.78. The number of esters is 1. The van der Waals surface area contributed by atoms with Crippen LogP contribution in [0.25, 0.3) is 0 Å². The van der Waals surface area contributed by atoms with Crippen LogP contribution in [0.5, 0.6) is 5.75 Å². The minimum Gasteiger partial charge on any atom is -0.423 e. The van der Waals surface area contributed by atoms with Crippen LogP contribution in [-0.4, -0.2) is 23.9 Å². The van der Waals surface area contributed by atoms with Gasteiger partial charge < -0.3 is 4.74 Å². The van der Waals surface area contributed by atoms with Crippen LogP contribution in [0, 0.1) is 5.92 Å². The second kappa shape index (κ2) is 9.78. The fourth-order valence-electron chi connectivity index (χ4n) is 4.90. The third-order valence-corrected chi connectivity index (χ3v) is 6.98. The van der Waals surface area contributed by atoms with Gasteiger partial charge in [-0.3, -0.25) is 14.4 Å². The van der Waals surface area contributed by atoms with Gasteiger partial charge in [0.2, 0.25) is 5.91 Å². The Morgan fingerprint density at radius 3 is 2.08 bits per heavy atom. The van der Waals surface area contributed by atoms with E-state index in [9.17, 15) is 14.4 Å². The number of carbonyl (C=O) groups excluding carboxylic acids is 3. The number of nitrogens with zero attached hydrogens (tertiary/aromatic N) is 2. The van der Waals surface area contributed by atoms with Crippen molar-refractivity contribution < 1.29 is 24.0 Å². The van der Waals surface area contributed by atoms with Crippen molar-refractivity contribution in [3.63, 3.8) is 0 Å². The van der Waals surface area contributed by atoms with Crippen LogP contribution >= 0.6 is 11.6 Å². The Bertz CT molecular complexity index is 1510. The summed E-state index contributed by atoms with van der Waals surface area (Å²) < 4.78 is 5.51. The van der Waals surface area contributed by atoms with Gasteiger partial charge in [0.25, 0.3) is 5.91 Å². The highest BCUT2D eigenvalue weighted by atomic mass is 35.5. The fourth-order valence-corrected chi connectivity index (χ4v) is 5.12. The molecule has 6 rings (SSSR count). The van der Waals surface area contributed by atoms with E-state index in [1.807, 2.05) is 36.4 Å². The number of rotatable bonds is 5. The highest BCUT2D eigenvalue weighted by molar-refractivity contribution is 6.36. The predicted molar refractivity (Wildman–Crippen MR) is 142 cm³/mol. The second-order valence-electron chi connectivity index (χ2n) is 8.95. The van der Waals surface area contributed by atoms with Crippen molar-refractivity contribution in [1.29, 1.82) is 0 Å². The van der Waals surface area contributed by atoms with Gasteiger partial charge in [-0.1, -0.05) is 72.3 Å². The molecule has 188 valence electrons. The van der Waals surface area contributed by atoms with E-state index in [2.05, 4.69) is 0 Å². The maximum absolute atomic E-state index is 13.8. The third-order valence-electron chi connectivity index (χ3n) is 6.66. The summed E-state index contributed by atoms with van der Waals surface area (Å²) in [7, 11) is 0. The smallest absolute Gasteiger partial charge is 0.343 e. The third kappa shape index (κ3) is 4.12. The van der Waals surface area contributed by atoms with Gasteiger partial charge in [-0.15, -0.1) is 0 Å². The number of amides is 2. The van der Waals surface area contributed by atoms with Crippen molar-refractivity contribution in [3.05, 3.63) is 125 Å². The van der Waals surface area contributed by atoms with E-state index in [0.29, 0.717) is 27.7 Å². The first-order valence-electron chi connectivity index (χ1n) is 12.0. The molecule has 0 unspecified atom stereocenters. The summed E-state index contributed by atoms with van der Waals surface area (Å²) in [6, 6.07) is 31.0. The molecule has 2 fully saturated rings. The van der Waals surface area contributed by atoms with Gasteiger partial charge in [0, 0.05) is 0 Å². The Balaban J connectivity index is 1.34. The zero-order chi connectivity index (χ0) is 26.2. The number of anilines is 2. The average Bonchev–Trinajstić information content (AvgIpc) is 3.46. The van der Waals surface area contributed by atoms with Gasteiger partial charge in [0.15, 0.2) is 6.10 Å². The molecule has 0 aliphatic carbocycles. The van der Waals surface area contributed by atoms with Gasteiger partial charge >= 0.3 is 5.97 Å². The van der Waals surface area contributed by atoms with Crippen molar-refractivity contribution in [2.24, 2.45) is 5.92 Å². The molecule has 2 aliphatic rings. The Morgan fingerprint density at radius 2 is 1.39 bits per heavy atom. The summed E-state index contributed by atoms with van der Waals surface area (Å²) in [5.41, 5.74) is 2.20. The molecule has 0 aromatic heterocycles. The Hall–Kier alpha value is -4.46. The first kappa shape index (κ1) is 23.9. The van der Waals surface area contributed by atoms with E-state index in [1.54, 1.807) is 77.9 Å². The molecule has 4 aromatic carbocycles. The van der Waals surface area contributed by atoms with E-state index in [1.165, 1.54) is 0 Å². The molecule has 0 saturated carbocycles. The van der Waals surface area contributed by atoms with E-state index < -0.39 is 35.8 Å². The summed E-state index contributed by atoms with van der Waals surface area (Å²) >= 11 is 6.33. The Morgan fingerprint density at radius 1 is 0.763 bits per heavy atom.